The van der Waals surface area contributed by atoms with Crippen LogP contribution in [0.5, 0.6) is 0 Å². The number of benzene rings is 2. The van der Waals surface area contributed by atoms with Gasteiger partial charge in [0.2, 0.25) is 0 Å². The fourth-order valence-corrected chi connectivity index (χ4v) is 4.13. The van der Waals surface area contributed by atoms with Gasteiger partial charge < -0.3 is 0 Å². The monoisotopic (exact) mass is 490 g/mol. The van der Waals surface area contributed by atoms with Crippen LogP contribution in [0.2, 0.25) is 0 Å². The van der Waals surface area contributed by atoms with E-state index in [2.05, 4.69) is 134 Å². The van der Waals surface area contributed by atoms with Crippen LogP contribution in [-0.2, 0) is 17.1 Å². The Balaban J connectivity index is 0.000000160. The van der Waals surface area contributed by atoms with E-state index in [1.54, 1.807) is 0 Å². The van der Waals surface area contributed by atoms with Gasteiger partial charge in [-0.05, 0) is 22.3 Å². The molecule has 6 rings (SSSR count). The molecule has 0 atom stereocenters. The average Bonchev–Trinajstić information content (AvgIpc) is 3.62. The van der Waals surface area contributed by atoms with Crippen molar-refractivity contribution in [2.24, 2.45) is 0 Å². The van der Waals surface area contributed by atoms with E-state index in [1.165, 1.54) is 44.6 Å². The maximum Gasteiger partial charge on any atom is 2.00 e. The maximum absolute atomic E-state index is 2.24. The molecule has 0 heterocycles. The Kier molecular flexibility index (Phi) is 8.30. The second kappa shape index (κ2) is 12.0. The molecule has 0 bridgehead atoms. The summed E-state index contributed by atoms with van der Waals surface area (Å²) >= 11 is 0. The molecule has 0 spiro atoms. The fourth-order valence-electron chi connectivity index (χ4n) is 4.13. The predicted molar refractivity (Wildman–Crippen MR) is 146 cm³/mol. The zero-order valence-corrected chi connectivity index (χ0v) is 20.5. The van der Waals surface area contributed by atoms with Crippen molar-refractivity contribution in [3.8, 4) is 0 Å². The van der Waals surface area contributed by atoms with Crippen LogP contribution in [0.15, 0.2) is 168 Å². The molecule has 0 N–H and O–H groups in total. The van der Waals surface area contributed by atoms with Crippen LogP contribution in [0, 0.1) is 12.8 Å². The Morgan fingerprint density at radius 1 is 0.429 bits per heavy atom. The summed E-state index contributed by atoms with van der Waals surface area (Å²) in [5, 5.41) is 0. The van der Waals surface area contributed by atoms with Gasteiger partial charge in [0.05, 0.1) is 0 Å². The second-order valence-electron chi connectivity index (χ2n) is 8.24. The summed E-state index contributed by atoms with van der Waals surface area (Å²) in [5.41, 5.74) is 10.2. The minimum Gasteiger partial charge on any atom is -0.145 e. The van der Waals surface area contributed by atoms with E-state index in [0.29, 0.717) is 0 Å². The summed E-state index contributed by atoms with van der Waals surface area (Å²) in [6.07, 6.45) is 34.2. The molecule has 0 aliphatic heterocycles. The SMILES string of the molecule is C1=C[CH-]C(=C2C=CC(c3ccccc3)=C2)C=C1.C1=C[CH-]C(=C2C=CC(c3ccccc3)=C2)C=C1.[Fe+2]. The number of rotatable bonds is 2. The average molecular weight is 490 g/mol. The van der Waals surface area contributed by atoms with E-state index in [4.69, 9.17) is 0 Å². The molecule has 35 heavy (non-hydrogen) atoms. The van der Waals surface area contributed by atoms with Gasteiger partial charge in [0, 0.05) is 0 Å². The molecule has 0 unspecified atom stereocenters. The van der Waals surface area contributed by atoms with Crippen molar-refractivity contribution in [2.75, 3.05) is 0 Å². The van der Waals surface area contributed by atoms with Gasteiger partial charge in [0.15, 0.2) is 0 Å². The molecule has 2 aromatic rings. The van der Waals surface area contributed by atoms with E-state index in [9.17, 15) is 0 Å². The minimum atomic E-state index is 0. The Morgan fingerprint density at radius 2 is 0.857 bits per heavy atom. The van der Waals surface area contributed by atoms with Crippen molar-refractivity contribution in [1.29, 1.82) is 0 Å². The molecular weight excluding hydrogens is 464 g/mol. The summed E-state index contributed by atoms with van der Waals surface area (Å²) in [4.78, 5) is 0. The first-order valence-corrected chi connectivity index (χ1v) is 11.6. The first kappa shape index (κ1) is 24.2. The van der Waals surface area contributed by atoms with Crippen LogP contribution in [0.25, 0.3) is 11.1 Å². The number of allylic oxidation sites excluding steroid dienone is 20. The third-order valence-electron chi connectivity index (χ3n) is 5.94. The zero-order chi connectivity index (χ0) is 23.0. The van der Waals surface area contributed by atoms with E-state index < -0.39 is 0 Å². The van der Waals surface area contributed by atoms with Crippen molar-refractivity contribution in [3.63, 3.8) is 0 Å². The summed E-state index contributed by atoms with van der Waals surface area (Å²) in [6.45, 7) is 0. The topological polar surface area (TPSA) is 0 Å². The number of hydrogen-bond donors (Lipinski definition) is 0. The van der Waals surface area contributed by atoms with Crippen LogP contribution in [-0.4, -0.2) is 0 Å². The smallest absolute Gasteiger partial charge is 0.145 e. The van der Waals surface area contributed by atoms with Gasteiger partial charge in [-0.15, -0.1) is 72.6 Å². The first-order valence-electron chi connectivity index (χ1n) is 11.6. The molecule has 4 aliphatic carbocycles. The van der Waals surface area contributed by atoms with Gasteiger partial charge in [-0.3, -0.25) is 0 Å². The molecule has 0 saturated heterocycles. The molecule has 4 aliphatic rings. The molecule has 0 aromatic heterocycles. The summed E-state index contributed by atoms with van der Waals surface area (Å²) in [6, 6.07) is 21.0. The Bertz CT molecular complexity index is 1240. The minimum absolute atomic E-state index is 0. The molecule has 1 heteroatoms. The van der Waals surface area contributed by atoms with Gasteiger partial charge in [-0.1, -0.05) is 108 Å². The predicted octanol–water partition coefficient (Wildman–Crippen LogP) is 8.53. The normalized spacial score (nSPS) is 20.9. The van der Waals surface area contributed by atoms with E-state index in [0.717, 1.165) is 0 Å². The molecule has 170 valence electrons. The second-order valence-corrected chi connectivity index (χ2v) is 8.24. The van der Waals surface area contributed by atoms with E-state index >= 15 is 0 Å². The molecule has 0 amide bonds. The van der Waals surface area contributed by atoms with E-state index in [1.807, 2.05) is 24.3 Å². The number of hydrogen-bond acceptors (Lipinski definition) is 0. The first-order chi connectivity index (χ1) is 16.9. The van der Waals surface area contributed by atoms with Gasteiger partial charge in [-0.25, -0.2) is 0 Å². The third kappa shape index (κ3) is 6.16. The fraction of sp³-hybridized carbons (Fsp3) is 0. The van der Waals surface area contributed by atoms with Crippen molar-refractivity contribution in [3.05, 3.63) is 192 Å². The summed E-state index contributed by atoms with van der Waals surface area (Å²) < 4.78 is 0. The van der Waals surface area contributed by atoms with Gasteiger partial charge >= 0.3 is 17.1 Å². The van der Waals surface area contributed by atoms with Gasteiger partial charge in [0.25, 0.3) is 0 Å². The Labute approximate surface area is 219 Å². The van der Waals surface area contributed by atoms with Crippen molar-refractivity contribution in [2.45, 2.75) is 0 Å². The molecule has 0 saturated carbocycles. The zero-order valence-electron chi connectivity index (χ0n) is 19.4. The van der Waals surface area contributed by atoms with E-state index in [-0.39, 0.29) is 17.1 Å². The molecule has 0 radical (unpaired) electrons. The van der Waals surface area contributed by atoms with Crippen LogP contribution >= 0.6 is 0 Å². The molecular formula is C34H26Fe. The van der Waals surface area contributed by atoms with Crippen LogP contribution < -0.4 is 0 Å². The van der Waals surface area contributed by atoms with Crippen LogP contribution in [0.3, 0.4) is 0 Å². The van der Waals surface area contributed by atoms with Crippen LogP contribution in [0.1, 0.15) is 11.1 Å². The summed E-state index contributed by atoms with van der Waals surface area (Å²) in [5.74, 6) is 0. The van der Waals surface area contributed by atoms with Gasteiger partial charge in [0.1, 0.15) is 0 Å². The summed E-state index contributed by atoms with van der Waals surface area (Å²) in [7, 11) is 0. The van der Waals surface area contributed by atoms with Crippen LogP contribution in [0.4, 0.5) is 0 Å². The molecule has 2 aromatic carbocycles. The molecule has 0 fully saturated rings. The largest absolute Gasteiger partial charge is 2.00 e. The Hall–Kier alpha value is -3.90. The standard InChI is InChI=1S/2C17H13.Fe/c2*1-3-7-14(8-4-1)16-11-12-17(13-16)15-9-5-2-6-10-15;/h2*1-13H;/q2*-1;+2. The van der Waals surface area contributed by atoms with Crippen molar-refractivity contribution >= 4 is 11.1 Å². The van der Waals surface area contributed by atoms with Gasteiger partial charge in [-0.2, -0.15) is 0 Å². The third-order valence-corrected chi connectivity index (χ3v) is 5.94. The maximum atomic E-state index is 2.24. The molecule has 0 nitrogen and oxygen atoms in total. The van der Waals surface area contributed by atoms with Crippen molar-refractivity contribution in [1.82, 2.24) is 0 Å². The Morgan fingerprint density at radius 3 is 1.23 bits per heavy atom. The van der Waals surface area contributed by atoms with Crippen molar-refractivity contribution < 1.29 is 17.1 Å². The quantitative estimate of drug-likeness (QED) is 0.292.